The van der Waals surface area contributed by atoms with Crippen LogP contribution in [0.25, 0.3) is 43.6 Å². The number of H-pyrrole nitrogens is 4. The maximum atomic E-state index is 6.58. The molecule has 0 saturated heterocycles. The van der Waals surface area contributed by atoms with Crippen molar-refractivity contribution in [2.24, 2.45) is 0 Å². The Morgan fingerprint density at radius 1 is 0.429 bits per heavy atom. The largest absolute Gasteiger partial charge is 0.489 e. The second-order valence-corrected chi connectivity index (χ2v) is 16.8. The quantitative estimate of drug-likeness (QED) is 0.0824. The summed E-state index contributed by atoms with van der Waals surface area (Å²) in [5, 5.41) is 4.82. The zero-order valence-electron chi connectivity index (χ0n) is 36.4. The SMILES string of the molecule is C=CCOc1ccc(Cc2ccc(OCC=C)c(C(c3c(C)[nH]c4ccccc34)c3c(C)[nH]c4ccccc34)c2)cc1C(c1c(C)[nH]c2ccccc12)c1c(C)[nH]c2ccccc12. The van der Waals surface area contributed by atoms with Crippen LogP contribution in [0.1, 0.15) is 79.1 Å². The molecular weight excluding hydrogens is 773 g/mol. The van der Waals surface area contributed by atoms with Gasteiger partial charge in [-0.3, -0.25) is 0 Å². The molecule has 10 rings (SSSR count). The van der Waals surface area contributed by atoms with Crippen LogP contribution in [0.3, 0.4) is 0 Å². The van der Waals surface area contributed by atoms with Gasteiger partial charge < -0.3 is 29.4 Å². The fourth-order valence-electron chi connectivity index (χ4n) is 10.3. The number of aromatic nitrogens is 4. The van der Waals surface area contributed by atoms with Gasteiger partial charge in [0.05, 0.1) is 0 Å². The lowest BCUT2D eigenvalue weighted by molar-refractivity contribution is 0.358. The van der Waals surface area contributed by atoms with Crippen LogP contribution in [-0.4, -0.2) is 33.1 Å². The number of hydrogen-bond donors (Lipinski definition) is 4. The van der Waals surface area contributed by atoms with Gasteiger partial charge in [0.25, 0.3) is 0 Å². The molecule has 4 N–H and O–H groups in total. The number of para-hydroxylation sites is 4. The Morgan fingerprint density at radius 3 is 1.03 bits per heavy atom. The van der Waals surface area contributed by atoms with Crippen molar-refractivity contribution in [3.05, 3.63) is 226 Å². The Balaban J connectivity index is 1.17. The summed E-state index contributed by atoms with van der Waals surface area (Å²) in [6.45, 7) is 17.6. The maximum absolute atomic E-state index is 6.58. The standard InChI is InChI=1S/C57H52N4O2/c1-7-29-62-50-27-25-38(32-44(50)56(52-34(3)58-46-21-13-9-17-40(46)52)53-35(4)59-47-22-14-10-18-41(47)53)31-39-26-28-51(63-30-8-2)45(33-39)57(54-36(5)60-48-23-15-11-19-42(48)54)55-37(6)61-49-24-16-12-20-43(49)55/h7-28,32-33,56-61H,1-2,29-31H2,3-6H3. The van der Waals surface area contributed by atoms with E-state index in [0.29, 0.717) is 19.6 Å². The lowest BCUT2D eigenvalue weighted by atomic mass is 9.80. The summed E-state index contributed by atoms with van der Waals surface area (Å²) in [7, 11) is 0. The molecule has 0 unspecified atom stereocenters. The third-order valence-electron chi connectivity index (χ3n) is 12.8. The van der Waals surface area contributed by atoms with E-state index in [1.165, 1.54) is 54.9 Å². The van der Waals surface area contributed by atoms with Crippen molar-refractivity contribution >= 4 is 43.6 Å². The highest BCUT2D eigenvalue weighted by atomic mass is 16.5. The monoisotopic (exact) mass is 824 g/mol. The van der Waals surface area contributed by atoms with E-state index in [-0.39, 0.29) is 11.8 Å². The Bertz CT molecular complexity index is 2950. The fraction of sp³-hybridized carbons (Fsp3) is 0.158. The number of nitrogens with one attached hydrogen (secondary N) is 4. The number of rotatable bonds is 14. The summed E-state index contributed by atoms with van der Waals surface area (Å²) in [6.07, 6.45) is 4.33. The third kappa shape index (κ3) is 7.02. The summed E-state index contributed by atoms with van der Waals surface area (Å²) in [5.41, 5.74) is 18.6. The van der Waals surface area contributed by atoms with Gasteiger partial charge in [0.15, 0.2) is 0 Å². The van der Waals surface area contributed by atoms with E-state index in [9.17, 15) is 0 Å². The molecule has 0 bridgehead atoms. The van der Waals surface area contributed by atoms with E-state index < -0.39 is 0 Å². The first kappa shape index (κ1) is 39.7. The molecule has 10 aromatic rings. The van der Waals surface area contributed by atoms with Gasteiger partial charge >= 0.3 is 0 Å². The van der Waals surface area contributed by atoms with Crippen LogP contribution >= 0.6 is 0 Å². The van der Waals surface area contributed by atoms with Gasteiger partial charge in [-0.15, -0.1) is 0 Å². The molecule has 0 saturated carbocycles. The highest BCUT2D eigenvalue weighted by Gasteiger charge is 2.32. The predicted octanol–water partition coefficient (Wildman–Crippen LogP) is 13.9. The van der Waals surface area contributed by atoms with Gasteiger partial charge in [0.2, 0.25) is 0 Å². The number of aromatic amines is 4. The molecule has 0 aliphatic rings. The van der Waals surface area contributed by atoms with Crippen LogP contribution in [0.4, 0.5) is 0 Å². The average Bonchev–Trinajstić information content (AvgIpc) is 4.02. The molecule has 0 radical (unpaired) electrons. The molecule has 0 fully saturated rings. The average molecular weight is 825 g/mol. The second-order valence-electron chi connectivity index (χ2n) is 16.8. The second kappa shape index (κ2) is 16.4. The minimum absolute atomic E-state index is 0.138. The molecule has 4 heterocycles. The number of benzene rings is 6. The smallest absolute Gasteiger partial charge is 0.123 e. The summed E-state index contributed by atoms with van der Waals surface area (Å²) in [4.78, 5) is 14.9. The van der Waals surface area contributed by atoms with Gasteiger partial charge in [0.1, 0.15) is 24.7 Å². The van der Waals surface area contributed by atoms with Crippen LogP contribution in [0.5, 0.6) is 11.5 Å². The predicted molar refractivity (Wildman–Crippen MR) is 261 cm³/mol. The molecule has 0 aliphatic carbocycles. The molecule has 312 valence electrons. The molecule has 0 atom stereocenters. The minimum Gasteiger partial charge on any atom is -0.489 e. The molecule has 6 heteroatoms. The zero-order chi connectivity index (χ0) is 43.2. The van der Waals surface area contributed by atoms with E-state index in [2.05, 4.69) is 194 Å². The molecule has 4 aromatic heterocycles. The molecule has 6 nitrogen and oxygen atoms in total. The van der Waals surface area contributed by atoms with Gasteiger partial charge in [-0.25, -0.2) is 0 Å². The van der Waals surface area contributed by atoms with Crippen molar-refractivity contribution in [1.82, 2.24) is 19.9 Å². The first-order valence-corrected chi connectivity index (χ1v) is 21.8. The van der Waals surface area contributed by atoms with Crippen LogP contribution in [0.2, 0.25) is 0 Å². The van der Waals surface area contributed by atoms with E-state index in [0.717, 1.165) is 67.5 Å². The summed E-state index contributed by atoms with van der Waals surface area (Å²) in [6, 6.07) is 48.0. The van der Waals surface area contributed by atoms with Crippen molar-refractivity contribution in [2.75, 3.05) is 13.2 Å². The Kier molecular flexibility index (Phi) is 10.4. The normalized spacial score (nSPS) is 11.8. The zero-order valence-corrected chi connectivity index (χ0v) is 36.4. The third-order valence-corrected chi connectivity index (χ3v) is 12.8. The van der Waals surface area contributed by atoms with Crippen molar-refractivity contribution in [2.45, 2.75) is 46.0 Å². The first-order valence-electron chi connectivity index (χ1n) is 21.8. The van der Waals surface area contributed by atoms with Crippen LogP contribution in [0.15, 0.2) is 159 Å². The number of ether oxygens (including phenoxy) is 2. The van der Waals surface area contributed by atoms with Crippen LogP contribution in [0, 0.1) is 27.7 Å². The molecule has 6 aromatic carbocycles. The van der Waals surface area contributed by atoms with Gasteiger partial charge in [-0.05, 0) is 104 Å². The van der Waals surface area contributed by atoms with Crippen molar-refractivity contribution in [3.8, 4) is 11.5 Å². The first-order chi connectivity index (χ1) is 30.8. The Morgan fingerprint density at radius 2 is 0.730 bits per heavy atom. The van der Waals surface area contributed by atoms with Crippen LogP contribution in [-0.2, 0) is 6.42 Å². The van der Waals surface area contributed by atoms with Gasteiger partial charge in [-0.1, -0.05) is 122 Å². The number of hydrogen-bond acceptors (Lipinski definition) is 2. The Hall–Kier alpha value is -7.44. The molecule has 0 aliphatic heterocycles. The summed E-state index contributed by atoms with van der Waals surface area (Å²) in [5.74, 6) is 1.41. The molecular formula is C57H52N4O2. The van der Waals surface area contributed by atoms with E-state index in [1.54, 1.807) is 0 Å². The highest BCUT2D eigenvalue weighted by Crippen LogP contribution is 2.48. The van der Waals surface area contributed by atoms with Gasteiger partial charge in [0, 0.05) is 89.4 Å². The van der Waals surface area contributed by atoms with Crippen molar-refractivity contribution < 1.29 is 9.47 Å². The van der Waals surface area contributed by atoms with E-state index >= 15 is 0 Å². The van der Waals surface area contributed by atoms with Crippen molar-refractivity contribution in [3.63, 3.8) is 0 Å². The van der Waals surface area contributed by atoms with Crippen LogP contribution < -0.4 is 9.47 Å². The lowest BCUT2D eigenvalue weighted by Gasteiger charge is -2.25. The Labute approximate surface area is 368 Å². The number of aryl methyl sites for hydroxylation is 4. The fourth-order valence-corrected chi connectivity index (χ4v) is 10.3. The molecule has 63 heavy (non-hydrogen) atoms. The highest BCUT2D eigenvalue weighted by molar-refractivity contribution is 5.93. The summed E-state index contributed by atoms with van der Waals surface area (Å²) < 4.78 is 13.2. The maximum Gasteiger partial charge on any atom is 0.123 e. The van der Waals surface area contributed by atoms with E-state index in [4.69, 9.17) is 9.47 Å². The topological polar surface area (TPSA) is 81.6 Å². The lowest BCUT2D eigenvalue weighted by Crippen LogP contribution is -2.10. The molecule has 0 spiro atoms. The minimum atomic E-state index is -0.138. The number of fused-ring (bicyclic) bond motifs is 4. The van der Waals surface area contributed by atoms with Gasteiger partial charge in [-0.2, -0.15) is 0 Å². The summed E-state index contributed by atoms with van der Waals surface area (Å²) >= 11 is 0. The molecule has 0 amide bonds. The van der Waals surface area contributed by atoms with Crippen molar-refractivity contribution in [1.29, 1.82) is 0 Å². The van der Waals surface area contributed by atoms with E-state index in [1.807, 2.05) is 12.2 Å².